The van der Waals surface area contributed by atoms with Crippen LogP contribution in [0.2, 0.25) is 0 Å². The Kier molecular flexibility index (Phi) is 6.34. The Hall–Kier alpha value is -3.49. The zero-order chi connectivity index (χ0) is 22.6. The van der Waals surface area contributed by atoms with Gasteiger partial charge in [-0.15, -0.1) is 11.3 Å². The molecule has 0 spiro atoms. The SMILES string of the molecule is Cc1cccc(S(=O)(=O)Nc2ccc(C(=O)NCc3ccnc(-c4cccs4)c3)cc2)c1. The largest absolute Gasteiger partial charge is 0.348 e. The molecule has 0 saturated heterocycles. The smallest absolute Gasteiger partial charge is 0.261 e. The van der Waals surface area contributed by atoms with Crippen molar-refractivity contribution in [2.24, 2.45) is 0 Å². The van der Waals surface area contributed by atoms with Crippen LogP contribution in [-0.2, 0) is 16.6 Å². The van der Waals surface area contributed by atoms with Crippen LogP contribution in [0.3, 0.4) is 0 Å². The summed E-state index contributed by atoms with van der Waals surface area (Å²) in [6, 6.07) is 20.8. The third kappa shape index (κ3) is 5.22. The highest BCUT2D eigenvalue weighted by Gasteiger charge is 2.14. The van der Waals surface area contributed by atoms with E-state index in [1.807, 2.05) is 42.6 Å². The number of thiophene rings is 1. The van der Waals surface area contributed by atoms with E-state index in [1.54, 1.807) is 60.0 Å². The number of nitrogens with zero attached hydrogens (tertiary/aromatic N) is 1. The summed E-state index contributed by atoms with van der Waals surface area (Å²) in [4.78, 5) is 18.2. The Morgan fingerprint density at radius 2 is 1.81 bits per heavy atom. The molecule has 0 aliphatic carbocycles. The first kappa shape index (κ1) is 21.7. The van der Waals surface area contributed by atoms with Crippen molar-refractivity contribution in [3.8, 4) is 10.6 Å². The molecule has 32 heavy (non-hydrogen) atoms. The van der Waals surface area contributed by atoms with Crippen LogP contribution in [0.25, 0.3) is 10.6 Å². The molecule has 0 fully saturated rings. The number of amides is 1. The lowest BCUT2D eigenvalue weighted by molar-refractivity contribution is 0.0951. The van der Waals surface area contributed by atoms with Gasteiger partial charge in [0.1, 0.15) is 0 Å². The Morgan fingerprint density at radius 3 is 2.53 bits per heavy atom. The van der Waals surface area contributed by atoms with Crippen LogP contribution in [0, 0.1) is 6.92 Å². The molecule has 0 saturated carbocycles. The summed E-state index contributed by atoms with van der Waals surface area (Å²) in [7, 11) is -3.69. The lowest BCUT2D eigenvalue weighted by Gasteiger charge is -2.10. The molecular weight excluding hydrogens is 442 g/mol. The molecule has 2 aromatic carbocycles. The van der Waals surface area contributed by atoms with Gasteiger partial charge in [0.25, 0.3) is 15.9 Å². The number of sulfonamides is 1. The number of hydrogen-bond acceptors (Lipinski definition) is 5. The first-order valence-electron chi connectivity index (χ1n) is 9.87. The van der Waals surface area contributed by atoms with Crippen molar-refractivity contribution in [1.82, 2.24) is 10.3 Å². The average Bonchev–Trinajstić information content (AvgIpc) is 3.33. The van der Waals surface area contributed by atoms with E-state index in [0.717, 1.165) is 21.7 Å². The van der Waals surface area contributed by atoms with E-state index in [1.165, 1.54) is 0 Å². The van der Waals surface area contributed by atoms with Gasteiger partial charge in [-0.2, -0.15) is 0 Å². The second-order valence-corrected chi connectivity index (χ2v) is 9.84. The summed E-state index contributed by atoms with van der Waals surface area (Å²) in [5.41, 5.74) is 3.50. The maximum Gasteiger partial charge on any atom is 0.261 e. The number of hydrogen-bond donors (Lipinski definition) is 2. The Labute approximate surface area is 191 Å². The van der Waals surface area contributed by atoms with Gasteiger partial charge in [-0.3, -0.25) is 14.5 Å². The normalized spacial score (nSPS) is 11.2. The monoisotopic (exact) mass is 463 g/mol. The minimum absolute atomic E-state index is 0.193. The molecule has 1 amide bonds. The molecular formula is C24H21N3O3S2. The van der Waals surface area contributed by atoms with Crippen LogP contribution >= 0.6 is 11.3 Å². The summed E-state index contributed by atoms with van der Waals surface area (Å²) in [6.07, 6.45) is 1.73. The molecule has 0 atom stereocenters. The van der Waals surface area contributed by atoms with Gasteiger partial charge < -0.3 is 5.32 Å². The van der Waals surface area contributed by atoms with Gasteiger partial charge in [0, 0.05) is 24.0 Å². The second kappa shape index (κ2) is 9.33. The van der Waals surface area contributed by atoms with Crippen LogP contribution in [-0.4, -0.2) is 19.3 Å². The van der Waals surface area contributed by atoms with Gasteiger partial charge in [-0.1, -0.05) is 18.2 Å². The van der Waals surface area contributed by atoms with Crippen molar-refractivity contribution in [3.05, 3.63) is 101 Å². The van der Waals surface area contributed by atoms with Crippen molar-refractivity contribution in [1.29, 1.82) is 0 Å². The van der Waals surface area contributed by atoms with Crippen LogP contribution in [0.5, 0.6) is 0 Å². The number of nitrogens with one attached hydrogen (secondary N) is 2. The fourth-order valence-corrected chi connectivity index (χ4v) is 4.97. The van der Waals surface area contributed by atoms with Gasteiger partial charge in [0.15, 0.2) is 0 Å². The minimum atomic E-state index is -3.69. The van der Waals surface area contributed by atoms with Gasteiger partial charge in [-0.05, 0) is 78.0 Å². The van der Waals surface area contributed by atoms with Crippen LogP contribution in [0.4, 0.5) is 5.69 Å². The Bertz CT molecular complexity index is 1330. The molecule has 0 aliphatic heterocycles. The average molecular weight is 464 g/mol. The standard InChI is InChI=1S/C24H21N3O3S2/c1-17-4-2-5-21(14-17)32(29,30)27-20-9-7-19(8-10-20)24(28)26-16-18-11-12-25-22(15-18)23-6-3-13-31-23/h2-15,27H,16H2,1H3,(H,26,28). The Balaban J connectivity index is 1.39. The van der Waals surface area contributed by atoms with E-state index in [-0.39, 0.29) is 10.8 Å². The number of anilines is 1. The van der Waals surface area contributed by atoms with Gasteiger partial charge >= 0.3 is 0 Å². The Morgan fingerprint density at radius 1 is 1.00 bits per heavy atom. The molecule has 162 valence electrons. The van der Waals surface area contributed by atoms with E-state index in [2.05, 4.69) is 15.0 Å². The van der Waals surface area contributed by atoms with E-state index >= 15 is 0 Å². The lowest BCUT2D eigenvalue weighted by Crippen LogP contribution is -2.22. The number of benzene rings is 2. The molecule has 0 unspecified atom stereocenters. The molecule has 2 heterocycles. The molecule has 8 heteroatoms. The predicted molar refractivity (Wildman–Crippen MR) is 127 cm³/mol. The number of rotatable bonds is 7. The highest BCUT2D eigenvalue weighted by Crippen LogP contribution is 2.23. The van der Waals surface area contributed by atoms with E-state index in [0.29, 0.717) is 17.8 Å². The van der Waals surface area contributed by atoms with E-state index < -0.39 is 10.0 Å². The van der Waals surface area contributed by atoms with Crippen molar-refractivity contribution < 1.29 is 13.2 Å². The van der Waals surface area contributed by atoms with Crippen molar-refractivity contribution in [2.45, 2.75) is 18.4 Å². The van der Waals surface area contributed by atoms with Crippen molar-refractivity contribution in [3.63, 3.8) is 0 Å². The second-order valence-electron chi connectivity index (χ2n) is 7.21. The van der Waals surface area contributed by atoms with Crippen molar-refractivity contribution in [2.75, 3.05) is 4.72 Å². The van der Waals surface area contributed by atoms with Crippen LogP contribution in [0.1, 0.15) is 21.5 Å². The first-order chi connectivity index (χ1) is 15.4. The maximum atomic E-state index is 12.5. The fourth-order valence-electron chi connectivity index (χ4n) is 3.11. The molecule has 0 bridgehead atoms. The van der Waals surface area contributed by atoms with Crippen molar-refractivity contribution >= 4 is 33.0 Å². The highest BCUT2D eigenvalue weighted by molar-refractivity contribution is 7.92. The number of aryl methyl sites for hydroxylation is 1. The highest BCUT2D eigenvalue weighted by atomic mass is 32.2. The zero-order valence-electron chi connectivity index (χ0n) is 17.3. The molecule has 6 nitrogen and oxygen atoms in total. The number of aromatic nitrogens is 1. The number of carbonyl (C=O) groups is 1. The number of pyridine rings is 1. The fraction of sp³-hybridized carbons (Fsp3) is 0.0833. The van der Waals surface area contributed by atoms with Crippen LogP contribution in [0.15, 0.2) is 89.3 Å². The third-order valence-corrected chi connectivity index (χ3v) is 7.02. The summed E-state index contributed by atoms with van der Waals surface area (Å²) in [6.45, 7) is 2.20. The molecule has 2 aromatic heterocycles. The molecule has 0 radical (unpaired) electrons. The summed E-state index contributed by atoms with van der Waals surface area (Å²) in [5, 5.41) is 4.88. The molecule has 0 aliphatic rings. The maximum absolute atomic E-state index is 12.5. The van der Waals surface area contributed by atoms with Crippen LogP contribution < -0.4 is 10.0 Å². The molecule has 4 aromatic rings. The first-order valence-corrected chi connectivity index (χ1v) is 12.2. The summed E-state index contributed by atoms with van der Waals surface area (Å²) >= 11 is 1.61. The third-order valence-electron chi connectivity index (χ3n) is 4.75. The lowest BCUT2D eigenvalue weighted by atomic mass is 10.1. The molecule has 2 N–H and O–H groups in total. The van der Waals surface area contributed by atoms with E-state index in [9.17, 15) is 13.2 Å². The summed E-state index contributed by atoms with van der Waals surface area (Å²) < 4.78 is 27.6. The quantitative estimate of drug-likeness (QED) is 0.410. The minimum Gasteiger partial charge on any atom is -0.348 e. The van der Waals surface area contributed by atoms with Gasteiger partial charge in [0.05, 0.1) is 15.5 Å². The van der Waals surface area contributed by atoms with Gasteiger partial charge in [-0.25, -0.2) is 8.42 Å². The number of carbonyl (C=O) groups excluding carboxylic acids is 1. The molecule has 4 rings (SSSR count). The van der Waals surface area contributed by atoms with E-state index in [4.69, 9.17) is 0 Å². The predicted octanol–water partition coefficient (Wildman–Crippen LogP) is 4.85. The topological polar surface area (TPSA) is 88.2 Å². The summed E-state index contributed by atoms with van der Waals surface area (Å²) in [5.74, 6) is -0.243. The zero-order valence-corrected chi connectivity index (χ0v) is 18.9. The van der Waals surface area contributed by atoms with Gasteiger partial charge in [0.2, 0.25) is 0 Å².